The summed E-state index contributed by atoms with van der Waals surface area (Å²) in [6, 6.07) is 0. The molecule has 1 unspecified atom stereocenters. The molecule has 0 N–H and O–H groups in total. The van der Waals surface area contributed by atoms with E-state index in [4.69, 9.17) is 27.9 Å². The molecule has 1 aliphatic rings. The quantitative estimate of drug-likeness (QED) is 0.396. The predicted octanol–water partition coefficient (Wildman–Crippen LogP) is 2.30. The van der Waals surface area contributed by atoms with Crippen molar-refractivity contribution >= 4 is 29.2 Å². The third-order valence-corrected chi connectivity index (χ3v) is 2.29. The van der Waals surface area contributed by atoms with E-state index < -0.39 is 0 Å². The third kappa shape index (κ3) is 1.93. The van der Waals surface area contributed by atoms with E-state index in [0.29, 0.717) is 23.1 Å². The minimum atomic E-state index is -0.294. The molecular formula is C8H10Cl2O2. The summed E-state index contributed by atoms with van der Waals surface area (Å²) in [7, 11) is 0. The highest BCUT2D eigenvalue weighted by Gasteiger charge is 2.31. The molecule has 0 saturated carbocycles. The zero-order chi connectivity index (χ0) is 9.14. The van der Waals surface area contributed by atoms with Crippen molar-refractivity contribution in [2.75, 3.05) is 12.5 Å². The lowest BCUT2D eigenvalue weighted by Crippen LogP contribution is -2.05. The summed E-state index contributed by atoms with van der Waals surface area (Å²) in [5, 5.41) is 0.521. The number of ether oxygens (including phenoxy) is 1. The van der Waals surface area contributed by atoms with Gasteiger partial charge in [-0.15, -0.1) is 11.6 Å². The SMILES string of the molecule is C/C(Cl)=C1/C(=O)OCC1CCCl. The van der Waals surface area contributed by atoms with Crippen LogP contribution in [-0.4, -0.2) is 18.5 Å². The van der Waals surface area contributed by atoms with Crippen LogP contribution in [0.3, 0.4) is 0 Å². The Morgan fingerprint density at radius 2 is 2.42 bits per heavy atom. The van der Waals surface area contributed by atoms with Gasteiger partial charge in [0, 0.05) is 16.8 Å². The first-order valence-corrected chi connectivity index (χ1v) is 4.67. The number of carbonyl (C=O) groups is 1. The lowest BCUT2D eigenvalue weighted by atomic mass is 9.99. The molecule has 2 nitrogen and oxygen atoms in total. The second-order valence-corrected chi connectivity index (χ2v) is 3.67. The highest BCUT2D eigenvalue weighted by molar-refractivity contribution is 6.31. The van der Waals surface area contributed by atoms with Gasteiger partial charge in [0.1, 0.15) is 0 Å². The Morgan fingerprint density at radius 3 is 2.92 bits per heavy atom. The molecule has 1 aliphatic heterocycles. The van der Waals surface area contributed by atoms with E-state index in [2.05, 4.69) is 0 Å². The molecule has 4 heteroatoms. The van der Waals surface area contributed by atoms with Crippen LogP contribution in [0.1, 0.15) is 13.3 Å². The molecule has 1 fully saturated rings. The van der Waals surface area contributed by atoms with Gasteiger partial charge in [0.15, 0.2) is 0 Å². The average molecular weight is 209 g/mol. The van der Waals surface area contributed by atoms with Crippen molar-refractivity contribution in [1.82, 2.24) is 0 Å². The third-order valence-electron chi connectivity index (χ3n) is 1.87. The van der Waals surface area contributed by atoms with E-state index in [1.807, 2.05) is 0 Å². The van der Waals surface area contributed by atoms with Gasteiger partial charge in [-0.3, -0.25) is 0 Å². The molecule has 0 aromatic rings. The van der Waals surface area contributed by atoms with Crippen molar-refractivity contribution in [3.63, 3.8) is 0 Å². The van der Waals surface area contributed by atoms with Crippen molar-refractivity contribution < 1.29 is 9.53 Å². The van der Waals surface area contributed by atoms with E-state index in [1.54, 1.807) is 6.92 Å². The number of hydrogen-bond donors (Lipinski definition) is 0. The molecule has 1 atom stereocenters. The highest BCUT2D eigenvalue weighted by Crippen LogP contribution is 2.28. The molecule has 0 amide bonds. The Morgan fingerprint density at radius 1 is 1.75 bits per heavy atom. The molecule has 0 spiro atoms. The molecule has 1 saturated heterocycles. The maximum absolute atomic E-state index is 11.1. The van der Waals surface area contributed by atoms with Crippen LogP contribution in [0.25, 0.3) is 0 Å². The second-order valence-electron chi connectivity index (χ2n) is 2.72. The first-order chi connectivity index (χ1) is 5.66. The van der Waals surface area contributed by atoms with Gasteiger partial charge < -0.3 is 4.74 Å². The molecule has 0 radical (unpaired) electrons. The van der Waals surface area contributed by atoms with E-state index in [0.717, 1.165) is 6.42 Å². The summed E-state index contributed by atoms with van der Waals surface area (Å²) < 4.78 is 4.85. The number of carbonyl (C=O) groups excluding carboxylic acids is 1. The van der Waals surface area contributed by atoms with Gasteiger partial charge in [-0.05, 0) is 13.3 Å². The van der Waals surface area contributed by atoms with Crippen LogP contribution in [0.4, 0.5) is 0 Å². The van der Waals surface area contributed by atoms with Crippen LogP contribution in [0.2, 0.25) is 0 Å². The van der Waals surface area contributed by atoms with Crippen LogP contribution in [0, 0.1) is 5.92 Å². The Hall–Kier alpha value is -0.210. The minimum absolute atomic E-state index is 0.0903. The zero-order valence-electron chi connectivity index (χ0n) is 6.77. The van der Waals surface area contributed by atoms with Crippen molar-refractivity contribution in [2.45, 2.75) is 13.3 Å². The standard InChI is InChI=1S/C8H10Cl2O2/c1-5(10)7-6(2-3-9)4-12-8(7)11/h6H,2-4H2,1H3/b7-5-. The van der Waals surface area contributed by atoms with Crippen molar-refractivity contribution in [2.24, 2.45) is 5.92 Å². The maximum atomic E-state index is 11.1. The van der Waals surface area contributed by atoms with Crippen LogP contribution < -0.4 is 0 Å². The van der Waals surface area contributed by atoms with Crippen LogP contribution in [-0.2, 0) is 9.53 Å². The van der Waals surface area contributed by atoms with Gasteiger partial charge >= 0.3 is 5.97 Å². The molecule has 0 aliphatic carbocycles. The monoisotopic (exact) mass is 208 g/mol. The fourth-order valence-corrected chi connectivity index (χ4v) is 1.78. The fourth-order valence-electron chi connectivity index (χ4n) is 1.29. The minimum Gasteiger partial charge on any atom is -0.462 e. The first-order valence-electron chi connectivity index (χ1n) is 3.76. The number of hydrogen-bond acceptors (Lipinski definition) is 2. The van der Waals surface area contributed by atoms with Gasteiger partial charge in [-0.2, -0.15) is 0 Å². The van der Waals surface area contributed by atoms with E-state index in [9.17, 15) is 4.79 Å². The van der Waals surface area contributed by atoms with E-state index >= 15 is 0 Å². The van der Waals surface area contributed by atoms with Crippen LogP contribution in [0.5, 0.6) is 0 Å². The Bertz CT molecular complexity index is 219. The van der Waals surface area contributed by atoms with Crippen LogP contribution in [0.15, 0.2) is 10.6 Å². The summed E-state index contributed by atoms with van der Waals surface area (Å²) in [6.07, 6.45) is 0.743. The maximum Gasteiger partial charge on any atom is 0.335 e. The van der Waals surface area contributed by atoms with Crippen molar-refractivity contribution in [3.8, 4) is 0 Å². The van der Waals surface area contributed by atoms with Crippen molar-refractivity contribution in [3.05, 3.63) is 10.6 Å². The molecule has 1 rings (SSSR count). The molecule has 1 heterocycles. The second kappa shape index (κ2) is 4.15. The van der Waals surface area contributed by atoms with E-state index in [-0.39, 0.29) is 11.9 Å². The number of esters is 1. The number of halogens is 2. The molecular weight excluding hydrogens is 199 g/mol. The molecule has 12 heavy (non-hydrogen) atoms. The van der Waals surface area contributed by atoms with Gasteiger partial charge in [0.05, 0.1) is 12.2 Å². The number of alkyl halides is 1. The van der Waals surface area contributed by atoms with Gasteiger partial charge in [0.2, 0.25) is 0 Å². The Balaban J connectivity index is 2.78. The highest BCUT2D eigenvalue weighted by atomic mass is 35.5. The Labute approximate surface area is 81.5 Å². The Kier molecular flexibility index (Phi) is 3.41. The average Bonchev–Trinajstić information content (AvgIpc) is 2.32. The first kappa shape index (κ1) is 9.87. The molecule has 0 aromatic heterocycles. The van der Waals surface area contributed by atoms with E-state index in [1.165, 1.54) is 0 Å². The summed E-state index contributed by atoms with van der Waals surface area (Å²) in [4.78, 5) is 11.1. The van der Waals surface area contributed by atoms with Crippen LogP contribution >= 0.6 is 23.2 Å². The fraction of sp³-hybridized carbons (Fsp3) is 0.625. The number of allylic oxidation sites excluding steroid dienone is 1. The molecule has 0 bridgehead atoms. The normalized spacial score (nSPS) is 27.2. The van der Waals surface area contributed by atoms with Gasteiger partial charge in [-0.1, -0.05) is 11.6 Å². The summed E-state index contributed by atoms with van der Waals surface area (Å²) >= 11 is 11.3. The summed E-state index contributed by atoms with van der Waals surface area (Å²) in [6.45, 7) is 2.12. The van der Waals surface area contributed by atoms with Gasteiger partial charge in [0.25, 0.3) is 0 Å². The number of cyclic esters (lactones) is 1. The number of rotatable bonds is 2. The summed E-state index contributed by atoms with van der Waals surface area (Å²) in [5.74, 6) is 0.319. The van der Waals surface area contributed by atoms with Crippen molar-refractivity contribution in [1.29, 1.82) is 0 Å². The smallest absolute Gasteiger partial charge is 0.335 e. The topological polar surface area (TPSA) is 26.3 Å². The molecule has 0 aromatic carbocycles. The summed E-state index contributed by atoms with van der Waals surface area (Å²) in [5.41, 5.74) is 0.595. The molecule has 68 valence electrons. The lowest BCUT2D eigenvalue weighted by molar-refractivity contribution is -0.135. The largest absolute Gasteiger partial charge is 0.462 e. The predicted molar refractivity (Wildman–Crippen MR) is 48.3 cm³/mol. The van der Waals surface area contributed by atoms with Gasteiger partial charge in [-0.25, -0.2) is 4.79 Å². The lowest BCUT2D eigenvalue weighted by Gasteiger charge is -2.04. The zero-order valence-corrected chi connectivity index (χ0v) is 8.28.